The molecule has 6 heteroatoms. The van der Waals surface area contributed by atoms with Gasteiger partial charge in [-0.15, -0.1) is 0 Å². The lowest BCUT2D eigenvalue weighted by atomic mass is 9.80. The van der Waals surface area contributed by atoms with Gasteiger partial charge in [0, 0.05) is 11.6 Å². The first kappa shape index (κ1) is 10.8. The fourth-order valence-corrected chi connectivity index (χ4v) is 1.76. The number of pyridine rings is 1. The van der Waals surface area contributed by atoms with E-state index in [2.05, 4.69) is 20.9 Å². The molecule has 3 nitrogen and oxygen atoms in total. The summed E-state index contributed by atoms with van der Waals surface area (Å²) in [5.74, 6) is 0. The molecule has 0 aliphatic carbocycles. The lowest BCUT2D eigenvalue weighted by molar-refractivity contribution is 0.00578. The topological polar surface area (TPSA) is 31.4 Å². The fraction of sp³-hybridized carbons (Fsp3) is 0.545. The lowest BCUT2D eigenvalue weighted by Gasteiger charge is -2.32. The van der Waals surface area contributed by atoms with Gasteiger partial charge in [0.05, 0.1) is 19.0 Å². The summed E-state index contributed by atoms with van der Waals surface area (Å²) < 4.78 is 27.9. The molecule has 0 aromatic carbocycles. The molecule has 0 bridgehead atoms. The molecule has 0 saturated carbocycles. The predicted molar refractivity (Wildman–Crippen MR) is 72.7 cm³/mol. The zero-order valence-corrected chi connectivity index (χ0v) is 12.4. The summed E-state index contributed by atoms with van der Waals surface area (Å²) in [6.45, 7) is 7.64. The van der Waals surface area contributed by atoms with E-state index in [1.807, 2.05) is 27.7 Å². The molecular weight excluding hydrogens is 304 g/mol. The summed E-state index contributed by atoms with van der Waals surface area (Å²) in [6.07, 6.45) is -0.0697. The van der Waals surface area contributed by atoms with Gasteiger partial charge in [-0.2, -0.15) is 0 Å². The molecule has 1 aliphatic heterocycles. The first-order valence-corrected chi connectivity index (χ1v) is 6.41. The van der Waals surface area contributed by atoms with Crippen molar-refractivity contribution in [1.29, 1.82) is 0 Å². The number of nitrogens with zero attached hydrogens (tertiary/aromatic N) is 1. The molecule has 2 heterocycles. The van der Waals surface area contributed by atoms with Gasteiger partial charge in [-0.05, 0) is 49.7 Å². The third kappa shape index (κ3) is 2.39. The SMILES string of the molecule is [2H]c1nc(Br)c(Cl)c([2H])c1B1OC(C)(C)C(C)(C)O1. The molecule has 1 aromatic heterocycles. The Morgan fingerprint density at radius 1 is 1.35 bits per heavy atom. The Morgan fingerprint density at radius 3 is 2.41 bits per heavy atom. The van der Waals surface area contributed by atoms with E-state index in [0.717, 1.165) is 0 Å². The maximum absolute atomic E-state index is 8.02. The molecule has 2 rings (SSSR count). The number of hydrogen-bond acceptors (Lipinski definition) is 3. The minimum Gasteiger partial charge on any atom is -0.399 e. The van der Waals surface area contributed by atoms with E-state index in [0.29, 0.717) is 0 Å². The van der Waals surface area contributed by atoms with Crippen LogP contribution in [0.3, 0.4) is 0 Å². The summed E-state index contributed by atoms with van der Waals surface area (Å²) in [4.78, 5) is 3.95. The molecule has 92 valence electrons. The Hall–Kier alpha value is -0.0951. The second kappa shape index (κ2) is 4.23. The third-order valence-electron chi connectivity index (χ3n) is 3.19. The van der Waals surface area contributed by atoms with E-state index >= 15 is 0 Å². The Bertz CT molecular complexity index is 526. The van der Waals surface area contributed by atoms with E-state index < -0.39 is 18.3 Å². The Labute approximate surface area is 118 Å². The Kier molecular flexibility index (Phi) is 2.69. The summed E-state index contributed by atoms with van der Waals surface area (Å²) in [6, 6.07) is 0.00652. The largest absolute Gasteiger partial charge is 0.496 e. The van der Waals surface area contributed by atoms with Crippen molar-refractivity contribution < 1.29 is 12.1 Å². The zero-order valence-electron chi connectivity index (χ0n) is 12.1. The average Bonchev–Trinajstić information content (AvgIpc) is 2.44. The van der Waals surface area contributed by atoms with Crippen LogP contribution in [0.5, 0.6) is 0 Å². The molecular formula is C11H14BBrClNO2. The number of rotatable bonds is 1. The quantitative estimate of drug-likeness (QED) is 0.589. The maximum Gasteiger partial charge on any atom is 0.496 e. The lowest BCUT2D eigenvalue weighted by Crippen LogP contribution is -2.41. The van der Waals surface area contributed by atoms with Crippen LogP contribution in [-0.4, -0.2) is 23.3 Å². The smallest absolute Gasteiger partial charge is 0.399 e. The predicted octanol–water partition coefficient (Wildman–Crippen LogP) is 2.80. The highest BCUT2D eigenvalue weighted by atomic mass is 79.9. The number of halogens is 2. The van der Waals surface area contributed by atoms with Crippen molar-refractivity contribution in [2.45, 2.75) is 38.9 Å². The minimum atomic E-state index is -0.803. The van der Waals surface area contributed by atoms with Crippen molar-refractivity contribution in [2.24, 2.45) is 0 Å². The van der Waals surface area contributed by atoms with Gasteiger partial charge >= 0.3 is 7.12 Å². The van der Waals surface area contributed by atoms with Crippen molar-refractivity contribution in [1.82, 2.24) is 4.98 Å². The van der Waals surface area contributed by atoms with Crippen LogP contribution in [0.2, 0.25) is 5.02 Å². The highest BCUT2D eigenvalue weighted by molar-refractivity contribution is 9.10. The molecule has 17 heavy (non-hydrogen) atoms. The molecule has 0 N–H and O–H groups in total. The summed E-state index contributed by atoms with van der Waals surface area (Å²) in [7, 11) is -0.803. The van der Waals surface area contributed by atoms with Gasteiger partial charge in [-0.25, -0.2) is 4.98 Å². The van der Waals surface area contributed by atoms with Crippen LogP contribution in [0.4, 0.5) is 0 Å². The third-order valence-corrected chi connectivity index (χ3v) is 4.26. The molecule has 1 saturated heterocycles. The van der Waals surface area contributed by atoms with Crippen LogP contribution in [0.15, 0.2) is 16.8 Å². The second-order valence-electron chi connectivity index (χ2n) is 4.96. The van der Waals surface area contributed by atoms with Crippen LogP contribution in [-0.2, 0) is 9.31 Å². The molecule has 1 aliphatic rings. The molecule has 0 spiro atoms. The van der Waals surface area contributed by atoms with Crippen molar-refractivity contribution in [3.05, 3.63) is 21.8 Å². The van der Waals surface area contributed by atoms with Gasteiger partial charge < -0.3 is 9.31 Å². The molecule has 1 aromatic rings. The van der Waals surface area contributed by atoms with Gasteiger partial charge in [0.15, 0.2) is 0 Å². The molecule has 0 unspecified atom stereocenters. The molecule has 0 radical (unpaired) electrons. The average molecular weight is 320 g/mol. The number of aromatic nitrogens is 1. The maximum atomic E-state index is 8.02. The fourth-order valence-electron chi connectivity index (χ4n) is 1.43. The second-order valence-corrected chi connectivity index (χ2v) is 6.08. The normalized spacial score (nSPS) is 23.5. The van der Waals surface area contributed by atoms with Crippen molar-refractivity contribution in [2.75, 3.05) is 0 Å². The van der Waals surface area contributed by atoms with Crippen LogP contribution >= 0.6 is 27.5 Å². The van der Waals surface area contributed by atoms with Gasteiger partial charge in [0.2, 0.25) is 0 Å². The molecule has 0 amide bonds. The van der Waals surface area contributed by atoms with Crippen LogP contribution < -0.4 is 5.46 Å². The summed E-state index contributed by atoms with van der Waals surface area (Å²) >= 11 is 9.10. The monoisotopic (exact) mass is 319 g/mol. The summed E-state index contributed by atoms with van der Waals surface area (Å²) in [5.41, 5.74) is -0.807. The van der Waals surface area contributed by atoms with E-state index in [1.54, 1.807) is 0 Å². The summed E-state index contributed by atoms with van der Waals surface area (Å²) in [5, 5.41) is 0.153. The van der Waals surface area contributed by atoms with Crippen LogP contribution in [0, 0.1) is 0 Å². The Morgan fingerprint density at radius 2 is 1.88 bits per heavy atom. The van der Waals surface area contributed by atoms with Gasteiger partial charge in [-0.1, -0.05) is 11.6 Å². The molecule has 0 atom stereocenters. The first-order chi connectivity index (χ1) is 8.57. The highest BCUT2D eigenvalue weighted by Crippen LogP contribution is 2.36. The number of hydrogen-bond donors (Lipinski definition) is 0. The van der Waals surface area contributed by atoms with E-state index in [9.17, 15) is 0 Å². The van der Waals surface area contributed by atoms with Gasteiger partial charge in [-0.3, -0.25) is 0 Å². The van der Waals surface area contributed by atoms with E-state index in [1.165, 1.54) is 0 Å². The molecule has 1 fully saturated rings. The minimum absolute atomic E-state index is 0.00652. The Balaban J connectivity index is 2.49. The van der Waals surface area contributed by atoms with Crippen LogP contribution in [0.25, 0.3) is 0 Å². The standard InChI is InChI=1S/C11H14BBrClNO2/c1-10(2)11(3,4)17-12(16-10)7-5-8(14)9(13)15-6-7/h5-6H,1-4H3/i5D,6D. The van der Waals surface area contributed by atoms with E-state index in [4.69, 9.17) is 23.7 Å². The first-order valence-electron chi connectivity index (χ1n) is 6.24. The highest BCUT2D eigenvalue weighted by Gasteiger charge is 2.51. The van der Waals surface area contributed by atoms with Crippen molar-refractivity contribution in [3.63, 3.8) is 0 Å². The zero-order chi connectivity index (χ0) is 14.6. The van der Waals surface area contributed by atoms with Crippen LogP contribution in [0.1, 0.15) is 30.4 Å². The van der Waals surface area contributed by atoms with Crippen molar-refractivity contribution >= 4 is 40.1 Å². The van der Waals surface area contributed by atoms with Gasteiger partial charge in [0.25, 0.3) is 0 Å². The van der Waals surface area contributed by atoms with E-state index in [-0.39, 0.29) is 27.3 Å². The van der Waals surface area contributed by atoms with Crippen molar-refractivity contribution in [3.8, 4) is 0 Å². The van der Waals surface area contributed by atoms with Gasteiger partial charge in [0.1, 0.15) is 4.60 Å².